The topological polar surface area (TPSA) is 117 Å². The molecule has 0 bridgehead atoms. The summed E-state index contributed by atoms with van der Waals surface area (Å²) in [5, 5.41) is 0. The molecule has 9 nitrogen and oxygen atoms in total. The number of nitrogens with zero attached hydrogens (tertiary/aromatic N) is 5. The first-order valence-corrected chi connectivity index (χ1v) is 11.6. The van der Waals surface area contributed by atoms with E-state index < -0.39 is 10.0 Å². The SMILES string of the molecule is Cc1ccc(S(=O)(=O)NCC2CCCN(C(C)c3nc(N)nc(N(C)C)n3)C2)cc1. The number of hydrogen-bond donors (Lipinski definition) is 2. The lowest BCUT2D eigenvalue weighted by Crippen LogP contribution is -2.42. The van der Waals surface area contributed by atoms with Crippen LogP contribution in [0.3, 0.4) is 0 Å². The van der Waals surface area contributed by atoms with E-state index >= 15 is 0 Å². The van der Waals surface area contributed by atoms with Gasteiger partial charge in [0.15, 0.2) is 5.82 Å². The van der Waals surface area contributed by atoms with Crippen LogP contribution < -0.4 is 15.4 Å². The van der Waals surface area contributed by atoms with Crippen molar-refractivity contribution in [3.8, 4) is 0 Å². The molecule has 30 heavy (non-hydrogen) atoms. The molecule has 164 valence electrons. The lowest BCUT2D eigenvalue weighted by Gasteiger charge is -2.36. The number of piperidine rings is 1. The molecule has 1 saturated heterocycles. The number of rotatable bonds is 7. The summed E-state index contributed by atoms with van der Waals surface area (Å²) >= 11 is 0. The molecule has 2 unspecified atom stereocenters. The molecule has 0 radical (unpaired) electrons. The molecule has 1 aliphatic heterocycles. The van der Waals surface area contributed by atoms with Gasteiger partial charge in [0.25, 0.3) is 0 Å². The van der Waals surface area contributed by atoms with E-state index in [1.54, 1.807) is 29.2 Å². The third-order valence-corrected chi connectivity index (χ3v) is 6.86. The Bertz CT molecular complexity index is 964. The molecule has 0 saturated carbocycles. The van der Waals surface area contributed by atoms with Gasteiger partial charge >= 0.3 is 0 Å². The maximum Gasteiger partial charge on any atom is 0.240 e. The lowest BCUT2D eigenvalue weighted by molar-refractivity contribution is 0.128. The fourth-order valence-electron chi connectivity index (χ4n) is 3.59. The summed E-state index contributed by atoms with van der Waals surface area (Å²) in [4.78, 5) is 17.4. The molecule has 2 atom stereocenters. The number of aryl methyl sites for hydroxylation is 1. The zero-order valence-corrected chi connectivity index (χ0v) is 18.9. The minimum atomic E-state index is -3.51. The van der Waals surface area contributed by atoms with E-state index in [1.807, 2.05) is 27.9 Å². The van der Waals surface area contributed by atoms with Crippen molar-refractivity contribution in [1.82, 2.24) is 24.6 Å². The Labute approximate surface area is 178 Å². The number of aromatic nitrogens is 3. The van der Waals surface area contributed by atoms with E-state index in [0.717, 1.165) is 31.5 Å². The fourth-order valence-corrected chi connectivity index (χ4v) is 4.71. The number of likely N-dealkylation sites (tertiary alicyclic amines) is 1. The van der Waals surface area contributed by atoms with Crippen molar-refractivity contribution in [3.05, 3.63) is 35.7 Å². The summed E-state index contributed by atoms with van der Waals surface area (Å²) in [6.45, 7) is 6.06. The highest BCUT2D eigenvalue weighted by molar-refractivity contribution is 7.89. The molecule has 0 amide bonds. The molecule has 1 aliphatic rings. The van der Waals surface area contributed by atoms with E-state index in [0.29, 0.717) is 23.2 Å². The van der Waals surface area contributed by atoms with Crippen molar-refractivity contribution in [1.29, 1.82) is 0 Å². The van der Waals surface area contributed by atoms with Gasteiger partial charge < -0.3 is 10.6 Å². The van der Waals surface area contributed by atoms with Crippen LogP contribution in [0.2, 0.25) is 0 Å². The first-order chi connectivity index (χ1) is 14.2. The molecule has 2 aromatic rings. The largest absolute Gasteiger partial charge is 0.368 e. The van der Waals surface area contributed by atoms with Crippen LogP contribution in [-0.4, -0.2) is 62.0 Å². The van der Waals surface area contributed by atoms with Crippen LogP contribution >= 0.6 is 0 Å². The van der Waals surface area contributed by atoms with Gasteiger partial charge in [0.05, 0.1) is 10.9 Å². The first-order valence-electron chi connectivity index (χ1n) is 10.1. The van der Waals surface area contributed by atoms with Crippen LogP contribution in [0, 0.1) is 12.8 Å². The van der Waals surface area contributed by atoms with E-state index in [4.69, 9.17) is 5.73 Å². The van der Waals surface area contributed by atoms with Crippen LogP contribution in [0.25, 0.3) is 0 Å². The normalized spacial score (nSPS) is 18.9. The highest BCUT2D eigenvalue weighted by Gasteiger charge is 2.27. The van der Waals surface area contributed by atoms with Crippen LogP contribution in [-0.2, 0) is 10.0 Å². The van der Waals surface area contributed by atoms with Gasteiger partial charge in [-0.25, -0.2) is 13.1 Å². The van der Waals surface area contributed by atoms with E-state index in [2.05, 4.69) is 24.6 Å². The molecular formula is C20H31N7O2S. The van der Waals surface area contributed by atoms with Gasteiger partial charge in [-0.2, -0.15) is 15.0 Å². The van der Waals surface area contributed by atoms with Crippen molar-refractivity contribution in [2.24, 2.45) is 5.92 Å². The van der Waals surface area contributed by atoms with Crippen LogP contribution in [0.5, 0.6) is 0 Å². The average molecular weight is 434 g/mol. The highest BCUT2D eigenvalue weighted by atomic mass is 32.2. The number of sulfonamides is 1. The molecule has 10 heteroatoms. The smallest absolute Gasteiger partial charge is 0.240 e. The van der Waals surface area contributed by atoms with Gasteiger partial charge in [0, 0.05) is 27.2 Å². The van der Waals surface area contributed by atoms with Gasteiger partial charge in [-0.1, -0.05) is 17.7 Å². The van der Waals surface area contributed by atoms with Gasteiger partial charge in [-0.3, -0.25) is 4.90 Å². The Kier molecular flexibility index (Phi) is 6.89. The minimum absolute atomic E-state index is 0.0366. The van der Waals surface area contributed by atoms with Crippen molar-refractivity contribution in [3.63, 3.8) is 0 Å². The van der Waals surface area contributed by atoms with Gasteiger partial charge in [0.1, 0.15) is 0 Å². The highest BCUT2D eigenvalue weighted by Crippen LogP contribution is 2.26. The van der Waals surface area contributed by atoms with Crippen molar-refractivity contribution in [2.45, 2.75) is 37.6 Å². The lowest BCUT2D eigenvalue weighted by atomic mass is 9.97. The summed E-state index contributed by atoms with van der Waals surface area (Å²) in [7, 11) is 0.212. The Morgan fingerprint density at radius 3 is 2.60 bits per heavy atom. The number of nitrogens with one attached hydrogen (secondary N) is 1. The second kappa shape index (κ2) is 9.23. The second-order valence-corrected chi connectivity index (χ2v) is 9.86. The van der Waals surface area contributed by atoms with Gasteiger partial charge in [-0.05, 0) is 51.3 Å². The van der Waals surface area contributed by atoms with Crippen LogP contribution in [0.4, 0.5) is 11.9 Å². The second-order valence-electron chi connectivity index (χ2n) is 8.09. The van der Waals surface area contributed by atoms with Crippen LogP contribution in [0.15, 0.2) is 29.2 Å². The molecule has 3 N–H and O–H groups in total. The van der Waals surface area contributed by atoms with Crippen LogP contribution in [0.1, 0.15) is 37.2 Å². The molecule has 1 fully saturated rings. The number of nitrogens with two attached hydrogens (primary N) is 1. The summed E-state index contributed by atoms with van der Waals surface area (Å²) in [6.07, 6.45) is 1.96. The predicted molar refractivity (Wildman–Crippen MR) is 118 cm³/mol. The summed E-state index contributed by atoms with van der Waals surface area (Å²) in [5.74, 6) is 1.58. The molecule has 1 aromatic carbocycles. The third kappa shape index (κ3) is 5.44. The standard InChI is InChI=1S/C20H31N7O2S/c1-14-7-9-17(10-8-14)30(28,29)22-12-16-6-5-11-27(13-16)15(2)18-23-19(21)25-20(24-18)26(3)4/h7-10,15-16,22H,5-6,11-13H2,1-4H3,(H2,21,23,24,25). The molecule has 0 aliphatic carbocycles. The Morgan fingerprint density at radius 2 is 1.93 bits per heavy atom. The summed E-state index contributed by atoms with van der Waals surface area (Å²) in [5.41, 5.74) is 6.90. The monoisotopic (exact) mass is 433 g/mol. The van der Waals surface area contributed by atoms with Gasteiger partial charge in [-0.15, -0.1) is 0 Å². The van der Waals surface area contributed by atoms with Crippen molar-refractivity contribution >= 4 is 21.9 Å². The van der Waals surface area contributed by atoms with Crippen molar-refractivity contribution < 1.29 is 8.42 Å². The Hall–Kier alpha value is -2.30. The van der Waals surface area contributed by atoms with E-state index in [-0.39, 0.29) is 17.9 Å². The van der Waals surface area contributed by atoms with E-state index in [9.17, 15) is 8.42 Å². The fraction of sp³-hybridized carbons (Fsp3) is 0.550. The average Bonchev–Trinajstić information content (AvgIpc) is 2.72. The Morgan fingerprint density at radius 1 is 1.23 bits per heavy atom. The summed E-state index contributed by atoms with van der Waals surface area (Å²) in [6, 6.07) is 6.86. The summed E-state index contributed by atoms with van der Waals surface area (Å²) < 4.78 is 28.0. The van der Waals surface area contributed by atoms with E-state index in [1.165, 1.54) is 0 Å². The first kappa shape index (κ1) is 22.4. The quantitative estimate of drug-likeness (QED) is 0.676. The number of hydrogen-bond acceptors (Lipinski definition) is 8. The molecule has 3 rings (SSSR count). The minimum Gasteiger partial charge on any atom is -0.368 e. The maximum atomic E-state index is 12.6. The number of benzene rings is 1. The number of nitrogen functional groups attached to an aromatic ring is 1. The molecular weight excluding hydrogens is 402 g/mol. The zero-order chi connectivity index (χ0) is 21.9. The molecule has 0 spiro atoms. The third-order valence-electron chi connectivity index (χ3n) is 5.42. The maximum absolute atomic E-state index is 12.6. The van der Waals surface area contributed by atoms with Crippen molar-refractivity contribution in [2.75, 3.05) is 44.4 Å². The Balaban J connectivity index is 1.64. The molecule has 2 heterocycles. The zero-order valence-electron chi connectivity index (χ0n) is 18.0. The van der Waals surface area contributed by atoms with Gasteiger partial charge in [0.2, 0.25) is 21.9 Å². The molecule has 1 aromatic heterocycles. The predicted octanol–water partition coefficient (Wildman–Crippen LogP) is 1.58. The number of anilines is 2.